The molecule has 0 fully saturated rings. The summed E-state index contributed by atoms with van der Waals surface area (Å²) < 4.78 is 8.62. The van der Waals surface area contributed by atoms with Crippen LogP contribution in [0.15, 0.2) is 160 Å². The van der Waals surface area contributed by atoms with Gasteiger partial charge in [-0.15, -0.1) is 0 Å². The summed E-state index contributed by atoms with van der Waals surface area (Å²) in [6, 6.07) is 50.7. The molecule has 5 nitrogen and oxygen atoms in total. The van der Waals surface area contributed by atoms with Crippen LogP contribution >= 0.6 is 0 Å². The number of para-hydroxylation sites is 2. The number of quaternary nitrogens is 1. The number of nitrogens with two attached hydrogens (primary N) is 1. The largest absolute Gasteiger partial charge is 0.456 e. The third-order valence-corrected chi connectivity index (χ3v) is 8.55. The molecule has 0 spiro atoms. The SMILES string of the molecule is c1ccc(C2=NC(c3cccc(-n4c5ccccc5c5cc6oc7ccccc7c6cc54)c3)=NC(c3ccccc3)[NH2+]2)cc1. The quantitative estimate of drug-likeness (QED) is 0.229. The standard InChI is InChI=1S/C39H26N4O/c1-3-12-25(13-4-1)37-40-38(26-14-5-2-6-15-26)42-39(41-37)27-16-11-17-28(22-27)43-33-20-9-7-18-29(33)31-24-36-32(23-34(31)43)30-19-8-10-21-35(30)44-36/h1-24,37H,(H,40,41,42)/p+1. The number of amidine groups is 2. The van der Waals surface area contributed by atoms with Crippen LogP contribution in [-0.2, 0) is 0 Å². The summed E-state index contributed by atoms with van der Waals surface area (Å²) in [4.78, 5) is 10.3. The minimum Gasteiger partial charge on any atom is -0.456 e. The van der Waals surface area contributed by atoms with E-state index in [-0.39, 0.29) is 6.17 Å². The number of hydrogen-bond acceptors (Lipinski definition) is 3. The first-order valence-corrected chi connectivity index (χ1v) is 14.9. The molecular formula is C39H27N4O+. The van der Waals surface area contributed by atoms with E-state index in [0.29, 0.717) is 0 Å². The number of nitrogens with zero attached hydrogens (tertiary/aromatic N) is 3. The lowest BCUT2D eigenvalue weighted by Crippen LogP contribution is -2.89. The highest BCUT2D eigenvalue weighted by atomic mass is 16.3. The number of rotatable bonds is 4. The Morgan fingerprint density at radius 1 is 0.545 bits per heavy atom. The van der Waals surface area contributed by atoms with Crippen molar-refractivity contribution in [2.24, 2.45) is 9.98 Å². The van der Waals surface area contributed by atoms with Crippen LogP contribution in [0.2, 0.25) is 0 Å². The predicted molar refractivity (Wildman–Crippen MR) is 179 cm³/mol. The molecule has 3 heterocycles. The first-order chi connectivity index (χ1) is 21.8. The molecule has 2 aromatic heterocycles. The van der Waals surface area contributed by atoms with Crippen molar-refractivity contribution in [3.63, 3.8) is 0 Å². The maximum Gasteiger partial charge on any atom is 0.235 e. The minimum absolute atomic E-state index is 0.126. The molecule has 208 valence electrons. The van der Waals surface area contributed by atoms with Gasteiger partial charge in [-0.3, -0.25) is 5.32 Å². The summed E-state index contributed by atoms with van der Waals surface area (Å²) >= 11 is 0. The van der Waals surface area contributed by atoms with E-state index in [1.807, 2.05) is 24.3 Å². The van der Waals surface area contributed by atoms with Gasteiger partial charge in [0.05, 0.1) is 16.6 Å². The molecule has 0 saturated carbocycles. The van der Waals surface area contributed by atoms with Gasteiger partial charge in [0, 0.05) is 38.4 Å². The molecule has 9 rings (SSSR count). The fraction of sp³-hybridized carbons (Fsp3) is 0.0256. The fourth-order valence-electron chi connectivity index (χ4n) is 6.48. The van der Waals surface area contributed by atoms with Crippen molar-refractivity contribution in [1.29, 1.82) is 0 Å². The first kappa shape index (κ1) is 24.8. The van der Waals surface area contributed by atoms with Crippen LogP contribution in [0.4, 0.5) is 0 Å². The molecule has 1 aliphatic rings. The van der Waals surface area contributed by atoms with Gasteiger partial charge in [0.15, 0.2) is 5.84 Å². The van der Waals surface area contributed by atoms with Crippen molar-refractivity contribution in [1.82, 2.24) is 4.57 Å². The van der Waals surface area contributed by atoms with Crippen molar-refractivity contribution < 1.29 is 9.73 Å². The van der Waals surface area contributed by atoms with Gasteiger partial charge in [-0.1, -0.05) is 97.1 Å². The van der Waals surface area contributed by atoms with Crippen LogP contribution in [0, 0.1) is 0 Å². The Labute approximate surface area is 253 Å². The number of hydrogen-bond donors (Lipinski definition) is 1. The molecule has 6 aromatic carbocycles. The van der Waals surface area contributed by atoms with Gasteiger partial charge in [0.25, 0.3) is 0 Å². The zero-order valence-corrected chi connectivity index (χ0v) is 23.8. The molecular weight excluding hydrogens is 540 g/mol. The van der Waals surface area contributed by atoms with Crippen molar-refractivity contribution in [2.45, 2.75) is 6.17 Å². The average Bonchev–Trinajstić information content (AvgIpc) is 3.62. The fourth-order valence-corrected chi connectivity index (χ4v) is 6.48. The van der Waals surface area contributed by atoms with Crippen molar-refractivity contribution in [2.75, 3.05) is 0 Å². The average molecular weight is 568 g/mol. The Bertz CT molecular complexity index is 2420. The monoisotopic (exact) mass is 567 g/mol. The van der Waals surface area contributed by atoms with Crippen LogP contribution in [0.25, 0.3) is 49.4 Å². The van der Waals surface area contributed by atoms with E-state index in [0.717, 1.165) is 72.4 Å². The maximum absolute atomic E-state index is 6.27. The number of furan rings is 1. The Kier molecular flexibility index (Phi) is 5.58. The molecule has 0 radical (unpaired) electrons. The Balaban J connectivity index is 1.25. The second kappa shape index (κ2) is 9.90. The lowest BCUT2D eigenvalue weighted by molar-refractivity contribution is -0.586. The molecule has 1 atom stereocenters. The van der Waals surface area contributed by atoms with Crippen molar-refractivity contribution >= 4 is 55.4 Å². The van der Waals surface area contributed by atoms with Gasteiger partial charge in [0.2, 0.25) is 12.0 Å². The van der Waals surface area contributed by atoms with E-state index >= 15 is 0 Å². The van der Waals surface area contributed by atoms with Gasteiger partial charge in [-0.05, 0) is 48.5 Å². The summed E-state index contributed by atoms with van der Waals surface area (Å²) in [6.07, 6.45) is -0.126. The molecule has 0 saturated heterocycles. The summed E-state index contributed by atoms with van der Waals surface area (Å²) in [5, 5.41) is 6.75. The molecule has 8 aromatic rings. The van der Waals surface area contributed by atoms with Crippen LogP contribution in [0.5, 0.6) is 0 Å². The second-order valence-electron chi connectivity index (χ2n) is 11.2. The summed E-state index contributed by atoms with van der Waals surface area (Å²) in [5.74, 6) is 1.66. The smallest absolute Gasteiger partial charge is 0.235 e. The molecule has 0 aliphatic carbocycles. The molecule has 0 amide bonds. The Hall–Kier alpha value is -5.78. The highest BCUT2D eigenvalue weighted by Crippen LogP contribution is 2.38. The summed E-state index contributed by atoms with van der Waals surface area (Å²) in [5.41, 5.74) is 8.34. The Morgan fingerprint density at radius 2 is 1.27 bits per heavy atom. The lowest BCUT2D eigenvalue weighted by atomic mass is 10.1. The van der Waals surface area contributed by atoms with E-state index < -0.39 is 0 Å². The highest BCUT2D eigenvalue weighted by molar-refractivity contribution is 6.17. The zero-order valence-electron chi connectivity index (χ0n) is 23.8. The van der Waals surface area contributed by atoms with Gasteiger partial charge in [-0.2, -0.15) is 4.99 Å². The number of benzene rings is 6. The van der Waals surface area contributed by atoms with Gasteiger partial charge < -0.3 is 8.98 Å². The van der Waals surface area contributed by atoms with E-state index in [4.69, 9.17) is 14.4 Å². The second-order valence-corrected chi connectivity index (χ2v) is 11.2. The van der Waals surface area contributed by atoms with Gasteiger partial charge in [-0.25, -0.2) is 4.99 Å². The van der Waals surface area contributed by atoms with Crippen LogP contribution < -0.4 is 5.32 Å². The topological polar surface area (TPSA) is 59.4 Å². The van der Waals surface area contributed by atoms with Crippen molar-refractivity contribution in [3.8, 4) is 5.69 Å². The molecule has 0 bridgehead atoms. The van der Waals surface area contributed by atoms with Crippen LogP contribution in [-0.4, -0.2) is 16.2 Å². The van der Waals surface area contributed by atoms with Gasteiger partial charge in [0.1, 0.15) is 11.2 Å². The highest BCUT2D eigenvalue weighted by Gasteiger charge is 2.25. The molecule has 1 aliphatic heterocycles. The summed E-state index contributed by atoms with van der Waals surface area (Å²) in [6.45, 7) is 0. The molecule has 44 heavy (non-hydrogen) atoms. The third-order valence-electron chi connectivity index (χ3n) is 8.55. The third kappa shape index (κ3) is 3.98. The summed E-state index contributed by atoms with van der Waals surface area (Å²) in [7, 11) is 0. The molecule has 2 N–H and O–H groups in total. The zero-order chi connectivity index (χ0) is 29.0. The number of fused-ring (bicyclic) bond motifs is 6. The van der Waals surface area contributed by atoms with Crippen LogP contribution in [0.1, 0.15) is 22.9 Å². The van der Waals surface area contributed by atoms with E-state index in [9.17, 15) is 0 Å². The number of aromatic nitrogens is 1. The predicted octanol–water partition coefficient (Wildman–Crippen LogP) is 8.15. The van der Waals surface area contributed by atoms with Crippen molar-refractivity contribution in [3.05, 3.63) is 162 Å². The van der Waals surface area contributed by atoms with Crippen LogP contribution in [0.3, 0.4) is 0 Å². The normalized spacial score (nSPS) is 15.2. The molecule has 1 unspecified atom stereocenters. The lowest BCUT2D eigenvalue weighted by Gasteiger charge is -2.19. The number of aliphatic imine (C=N–C) groups is 2. The first-order valence-electron chi connectivity index (χ1n) is 14.9. The van der Waals surface area contributed by atoms with E-state index in [2.05, 4.69) is 131 Å². The van der Waals surface area contributed by atoms with E-state index in [1.165, 1.54) is 5.39 Å². The van der Waals surface area contributed by atoms with E-state index in [1.54, 1.807) is 0 Å². The molecule has 5 heteroatoms. The Morgan fingerprint density at radius 3 is 2.14 bits per heavy atom. The maximum atomic E-state index is 6.27. The van der Waals surface area contributed by atoms with Gasteiger partial charge >= 0.3 is 0 Å². The minimum atomic E-state index is -0.126.